The van der Waals surface area contributed by atoms with E-state index >= 15 is 0 Å². The van der Waals surface area contributed by atoms with E-state index in [4.69, 9.17) is 21.1 Å². The van der Waals surface area contributed by atoms with E-state index in [0.29, 0.717) is 23.5 Å². The minimum atomic E-state index is -0.256. The van der Waals surface area contributed by atoms with Crippen molar-refractivity contribution >= 4 is 35.0 Å². The van der Waals surface area contributed by atoms with Crippen molar-refractivity contribution in [1.82, 2.24) is 5.43 Å². The standard InChI is InChI=1S/C25H25ClN2O3S/c1-4-22(19-9-14-23(30-2)24(15-19)31-3)27-28-25(29)18-7-5-17(6-8-18)16-32-21-12-10-20(26)11-13-21/h5-15H,4,16H2,1-3H3,(H,28,29)/b27-22+. The first kappa shape index (κ1) is 23.7. The molecule has 0 aromatic heterocycles. The number of rotatable bonds is 9. The highest BCUT2D eigenvalue weighted by molar-refractivity contribution is 7.98. The molecule has 0 spiro atoms. The van der Waals surface area contributed by atoms with Crippen LogP contribution in [0.2, 0.25) is 5.02 Å². The highest BCUT2D eigenvalue weighted by atomic mass is 35.5. The number of methoxy groups -OCH3 is 2. The molecule has 1 amide bonds. The van der Waals surface area contributed by atoms with Gasteiger partial charge < -0.3 is 9.47 Å². The lowest BCUT2D eigenvalue weighted by Gasteiger charge is -2.11. The Balaban J connectivity index is 1.63. The number of halogens is 1. The summed E-state index contributed by atoms with van der Waals surface area (Å²) >= 11 is 7.64. The number of amides is 1. The van der Waals surface area contributed by atoms with Gasteiger partial charge in [-0.1, -0.05) is 30.7 Å². The van der Waals surface area contributed by atoms with Crippen molar-refractivity contribution in [3.8, 4) is 11.5 Å². The van der Waals surface area contributed by atoms with Gasteiger partial charge in [0.15, 0.2) is 11.5 Å². The van der Waals surface area contributed by atoms with E-state index in [1.165, 1.54) is 0 Å². The number of hydrogen-bond acceptors (Lipinski definition) is 5. The number of hydrogen-bond donors (Lipinski definition) is 1. The number of nitrogens with zero attached hydrogens (tertiary/aromatic N) is 1. The first-order chi connectivity index (χ1) is 15.5. The molecule has 7 heteroatoms. The monoisotopic (exact) mass is 468 g/mol. The van der Waals surface area contributed by atoms with Gasteiger partial charge in [0.25, 0.3) is 5.91 Å². The van der Waals surface area contributed by atoms with Crippen molar-refractivity contribution in [3.63, 3.8) is 0 Å². The second kappa shape index (κ2) is 11.6. The third kappa shape index (κ3) is 6.28. The van der Waals surface area contributed by atoms with E-state index in [9.17, 15) is 4.79 Å². The summed E-state index contributed by atoms with van der Waals surface area (Å²) < 4.78 is 10.6. The summed E-state index contributed by atoms with van der Waals surface area (Å²) in [4.78, 5) is 13.7. The van der Waals surface area contributed by atoms with Crippen molar-refractivity contribution in [2.45, 2.75) is 24.0 Å². The fraction of sp³-hybridized carbons (Fsp3) is 0.200. The number of hydrazone groups is 1. The van der Waals surface area contributed by atoms with Crippen molar-refractivity contribution in [3.05, 3.63) is 88.4 Å². The smallest absolute Gasteiger partial charge is 0.271 e. The van der Waals surface area contributed by atoms with Crippen LogP contribution in [0.5, 0.6) is 11.5 Å². The predicted octanol–water partition coefficient (Wildman–Crippen LogP) is 6.19. The predicted molar refractivity (Wildman–Crippen MR) is 131 cm³/mol. The van der Waals surface area contributed by atoms with Crippen LogP contribution in [0, 0.1) is 0 Å². The van der Waals surface area contributed by atoms with Crippen LogP contribution < -0.4 is 14.9 Å². The fourth-order valence-electron chi connectivity index (χ4n) is 3.00. The molecule has 32 heavy (non-hydrogen) atoms. The van der Waals surface area contributed by atoms with Gasteiger partial charge >= 0.3 is 0 Å². The Hall–Kier alpha value is -2.96. The van der Waals surface area contributed by atoms with E-state index in [2.05, 4.69) is 10.5 Å². The first-order valence-corrected chi connectivity index (χ1v) is 11.5. The lowest BCUT2D eigenvalue weighted by Crippen LogP contribution is -2.20. The third-order valence-electron chi connectivity index (χ3n) is 4.78. The van der Waals surface area contributed by atoms with Crippen LogP contribution >= 0.6 is 23.4 Å². The summed E-state index contributed by atoms with van der Waals surface area (Å²) in [6.07, 6.45) is 0.649. The van der Waals surface area contributed by atoms with Crippen LogP contribution in [0.1, 0.15) is 34.8 Å². The Morgan fingerprint density at radius 3 is 2.22 bits per heavy atom. The molecule has 3 aromatic rings. The summed E-state index contributed by atoms with van der Waals surface area (Å²) in [5, 5.41) is 5.06. The number of ether oxygens (including phenoxy) is 2. The molecule has 1 N–H and O–H groups in total. The van der Waals surface area contributed by atoms with Gasteiger partial charge in [-0.15, -0.1) is 11.8 Å². The highest BCUT2D eigenvalue weighted by Crippen LogP contribution is 2.28. The van der Waals surface area contributed by atoms with Crippen LogP contribution in [0.25, 0.3) is 0 Å². The molecule has 0 radical (unpaired) electrons. The number of thioether (sulfide) groups is 1. The zero-order chi connectivity index (χ0) is 22.9. The third-order valence-corrected chi connectivity index (χ3v) is 6.11. The molecule has 0 aliphatic carbocycles. The highest BCUT2D eigenvalue weighted by Gasteiger charge is 2.10. The molecule has 3 rings (SSSR count). The van der Waals surface area contributed by atoms with E-state index < -0.39 is 0 Å². The second-order valence-corrected chi connectivity index (χ2v) is 8.35. The maximum atomic E-state index is 12.6. The lowest BCUT2D eigenvalue weighted by molar-refractivity contribution is 0.0955. The van der Waals surface area contributed by atoms with Crippen molar-refractivity contribution in [1.29, 1.82) is 0 Å². The van der Waals surface area contributed by atoms with Crippen LogP contribution in [0.15, 0.2) is 76.7 Å². The zero-order valence-electron chi connectivity index (χ0n) is 18.2. The Bertz CT molecular complexity index is 1080. The Morgan fingerprint density at radius 1 is 0.938 bits per heavy atom. The number of benzene rings is 3. The quantitative estimate of drug-likeness (QED) is 0.231. The summed E-state index contributed by atoms with van der Waals surface area (Å²) in [7, 11) is 3.18. The Morgan fingerprint density at radius 2 is 1.59 bits per heavy atom. The Kier molecular flexibility index (Phi) is 8.59. The van der Waals surface area contributed by atoms with Crippen molar-refractivity contribution in [2.75, 3.05) is 14.2 Å². The molecule has 0 aliphatic heterocycles. The van der Waals surface area contributed by atoms with Gasteiger partial charge in [0.05, 0.1) is 19.9 Å². The summed E-state index contributed by atoms with van der Waals surface area (Å²) in [5.74, 6) is 1.81. The van der Waals surface area contributed by atoms with Crippen LogP contribution in [0.3, 0.4) is 0 Å². The Labute approximate surface area is 197 Å². The van der Waals surface area contributed by atoms with Crippen molar-refractivity contribution < 1.29 is 14.3 Å². The summed E-state index contributed by atoms with van der Waals surface area (Å²) in [5.41, 5.74) is 5.94. The van der Waals surface area contributed by atoms with Gasteiger partial charge in [-0.25, -0.2) is 5.43 Å². The first-order valence-electron chi connectivity index (χ1n) is 10.1. The maximum Gasteiger partial charge on any atom is 0.271 e. The van der Waals surface area contributed by atoms with Crippen LogP contribution in [-0.2, 0) is 5.75 Å². The molecule has 0 atom stereocenters. The molecule has 0 saturated heterocycles. The summed E-state index contributed by atoms with van der Waals surface area (Å²) in [6.45, 7) is 1.98. The van der Waals surface area contributed by atoms with Gasteiger partial charge in [0.1, 0.15) is 0 Å². The number of carbonyl (C=O) groups excluding carboxylic acids is 1. The van der Waals surface area contributed by atoms with Gasteiger partial charge in [0.2, 0.25) is 0 Å². The maximum absolute atomic E-state index is 12.6. The molecule has 0 fully saturated rings. The topological polar surface area (TPSA) is 59.9 Å². The number of carbonyl (C=O) groups is 1. The molecule has 3 aromatic carbocycles. The molecule has 0 bridgehead atoms. The van der Waals surface area contributed by atoms with E-state index in [0.717, 1.165) is 32.5 Å². The van der Waals surface area contributed by atoms with Gasteiger partial charge in [-0.2, -0.15) is 5.10 Å². The number of nitrogens with one attached hydrogen (secondary N) is 1. The molecule has 0 aliphatic rings. The molecule has 5 nitrogen and oxygen atoms in total. The van der Waals surface area contributed by atoms with Gasteiger partial charge in [-0.05, 0) is 66.6 Å². The van der Waals surface area contributed by atoms with E-state index in [-0.39, 0.29) is 5.91 Å². The van der Waals surface area contributed by atoms with Gasteiger partial charge in [-0.3, -0.25) is 4.79 Å². The van der Waals surface area contributed by atoms with Crippen molar-refractivity contribution in [2.24, 2.45) is 5.10 Å². The largest absolute Gasteiger partial charge is 0.493 e. The molecule has 0 heterocycles. The normalized spacial score (nSPS) is 11.2. The molecule has 166 valence electrons. The van der Waals surface area contributed by atoms with E-state index in [1.807, 2.05) is 73.7 Å². The van der Waals surface area contributed by atoms with Crippen LogP contribution in [0.4, 0.5) is 0 Å². The average Bonchev–Trinajstić information content (AvgIpc) is 2.84. The van der Waals surface area contributed by atoms with E-state index in [1.54, 1.807) is 26.0 Å². The zero-order valence-corrected chi connectivity index (χ0v) is 19.8. The SMILES string of the molecule is CC/C(=N\NC(=O)c1ccc(CSc2ccc(Cl)cc2)cc1)c1ccc(OC)c(OC)c1. The minimum Gasteiger partial charge on any atom is -0.493 e. The van der Waals surface area contributed by atoms with Crippen LogP contribution in [-0.4, -0.2) is 25.8 Å². The fourth-order valence-corrected chi connectivity index (χ4v) is 3.98. The second-order valence-electron chi connectivity index (χ2n) is 6.86. The molecular formula is C25H25ClN2O3S. The molecular weight excluding hydrogens is 444 g/mol. The molecule has 0 unspecified atom stereocenters. The molecule has 0 saturated carbocycles. The average molecular weight is 469 g/mol. The lowest BCUT2D eigenvalue weighted by atomic mass is 10.1. The van der Waals surface area contributed by atoms with Gasteiger partial charge in [0, 0.05) is 26.8 Å². The minimum absolute atomic E-state index is 0.256. The summed E-state index contributed by atoms with van der Waals surface area (Å²) in [6, 6.07) is 20.8.